The Bertz CT molecular complexity index is 400. The van der Waals surface area contributed by atoms with Crippen molar-refractivity contribution in [2.24, 2.45) is 0 Å². The number of halogens is 4. The lowest BCUT2D eigenvalue weighted by molar-refractivity contribution is -0.147. The zero-order valence-electron chi connectivity index (χ0n) is 10.3. The number of aromatic nitrogens is 1. The molecule has 1 fully saturated rings. The Morgan fingerprint density at radius 1 is 1.32 bits per heavy atom. The molecule has 19 heavy (non-hydrogen) atoms. The van der Waals surface area contributed by atoms with Gasteiger partial charge in [0.2, 0.25) is 0 Å². The minimum atomic E-state index is -4.10. The van der Waals surface area contributed by atoms with E-state index in [1.165, 1.54) is 4.90 Å². The van der Waals surface area contributed by atoms with Crippen molar-refractivity contribution < 1.29 is 13.2 Å². The summed E-state index contributed by atoms with van der Waals surface area (Å²) in [6, 6.07) is 3.93. The number of pyridine rings is 1. The Morgan fingerprint density at radius 2 is 2.00 bits per heavy atom. The van der Waals surface area contributed by atoms with Gasteiger partial charge in [-0.2, -0.15) is 13.2 Å². The molecular formula is C12H15BrF3N3. The van der Waals surface area contributed by atoms with Gasteiger partial charge in [0, 0.05) is 29.8 Å². The first-order valence-electron chi connectivity index (χ1n) is 6.09. The molecule has 1 N–H and O–H groups in total. The van der Waals surface area contributed by atoms with Gasteiger partial charge in [-0.05, 0) is 40.9 Å². The number of anilines is 1. The molecule has 0 spiro atoms. The largest absolute Gasteiger partial charge is 0.401 e. The number of nitrogens with zero attached hydrogens (tertiary/aromatic N) is 2. The molecule has 0 bridgehead atoms. The molecule has 1 saturated heterocycles. The lowest BCUT2D eigenvalue weighted by Crippen LogP contribution is -2.43. The maximum atomic E-state index is 12.3. The van der Waals surface area contributed by atoms with Crippen molar-refractivity contribution in [3.05, 3.63) is 22.8 Å². The molecule has 0 aliphatic carbocycles. The zero-order valence-corrected chi connectivity index (χ0v) is 11.8. The predicted molar refractivity (Wildman–Crippen MR) is 71.1 cm³/mol. The van der Waals surface area contributed by atoms with Crippen LogP contribution < -0.4 is 5.32 Å². The normalized spacial score (nSPS) is 18.5. The Labute approximate surface area is 118 Å². The lowest BCUT2D eigenvalue weighted by atomic mass is 10.1. The molecule has 0 radical (unpaired) electrons. The van der Waals surface area contributed by atoms with E-state index >= 15 is 0 Å². The Hall–Kier alpha value is -0.820. The van der Waals surface area contributed by atoms with E-state index < -0.39 is 12.7 Å². The first kappa shape index (κ1) is 14.6. The Morgan fingerprint density at radius 3 is 2.53 bits per heavy atom. The molecule has 0 unspecified atom stereocenters. The fraction of sp³-hybridized carbons (Fsp3) is 0.583. The second-order valence-electron chi connectivity index (χ2n) is 4.67. The van der Waals surface area contributed by atoms with Crippen LogP contribution in [0.25, 0.3) is 0 Å². The number of piperidine rings is 1. The molecule has 2 rings (SSSR count). The average Bonchev–Trinajstić information content (AvgIpc) is 2.33. The predicted octanol–water partition coefficient (Wildman–Crippen LogP) is 3.28. The topological polar surface area (TPSA) is 28.2 Å². The summed E-state index contributed by atoms with van der Waals surface area (Å²) in [5.74, 6) is 0.762. The van der Waals surface area contributed by atoms with Gasteiger partial charge in [-0.1, -0.05) is 0 Å². The highest BCUT2D eigenvalue weighted by Gasteiger charge is 2.32. The molecule has 2 heterocycles. The van der Waals surface area contributed by atoms with E-state index in [1.54, 1.807) is 6.20 Å². The van der Waals surface area contributed by atoms with Crippen LogP contribution in [0.3, 0.4) is 0 Å². The first-order chi connectivity index (χ1) is 8.92. The molecule has 1 aromatic heterocycles. The Kier molecular flexibility index (Phi) is 4.67. The highest BCUT2D eigenvalue weighted by atomic mass is 79.9. The van der Waals surface area contributed by atoms with Crippen molar-refractivity contribution in [3.63, 3.8) is 0 Å². The third kappa shape index (κ3) is 4.99. The van der Waals surface area contributed by atoms with Gasteiger partial charge in [-0.25, -0.2) is 4.98 Å². The number of hydrogen-bond acceptors (Lipinski definition) is 3. The van der Waals surface area contributed by atoms with Gasteiger partial charge >= 0.3 is 6.18 Å². The van der Waals surface area contributed by atoms with E-state index in [0.717, 1.165) is 10.3 Å². The number of rotatable bonds is 3. The van der Waals surface area contributed by atoms with Crippen LogP contribution in [0, 0.1) is 0 Å². The van der Waals surface area contributed by atoms with Crippen molar-refractivity contribution >= 4 is 21.7 Å². The molecule has 0 atom stereocenters. The van der Waals surface area contributed by atoms with Gasteiger partial charge in [0.25, 0.3) is 0 Å². The van der Waals surface area contributed by atoms with Crippen LogP contribution in [0.15, 0.2) is 22.8 Å². The fourth-order valence-electron chi connectivity index (χ4n) is 2.16. The fourth-order valence-corrected chi connectivity index (χ4v) is 2.39. The van der Waals surface area contributed by atoms with Gasteiger partial charge in [0.1, 0.15) is 5.82 Å². The van der Waals surface area contributed by atoms with Crippen molar-refractivity contribution in [2.75, 3.05) is 25.0 Å². The van der Waals surface area contributed by atoms with E-state index in [1.807, 2.05) is 12.1 Å². The molecule has 1 aliphatic heterocycles. The minimum absolute atomic E-state index is 0.193. The number of hydrogen-bond donors (Lipinski definition) is 1. The summed E-state index contributed by atoms with van der Waals surface area (Å²) in [6.45, 7) is 0.123. The maximum absolute atomic E-state index is 12.3. The highest BCUT2D eigenvalue weighted by molar-refractivity contribution is 9.10. The number of alkyl halides is 3. The van der Waals surface area contributed by atoms with Gasteiger partial charge in [0.15, 0.2) is 0 Å². The van der Waals surface area contributed by atoms with Crippen molar-refractivity contribution in [1.82, 2.24) is 9.88 Å². The van der Waals surface area contributed by atoms with Crippen LogP contribution in [-0.4, -0.2) is 41.7 Å². The first-order valence-corrected chi connectivity index (χ1v) is 6.89. The smallest absolute Gasteiger partial charge is 0.367 e. The standard InChI is InChI=1S/C12H15BrF3N3/c13-9-1-2-11(17-7-9)18-10-3-5-19(6-4-10)8-12(14,15)16/h1-2,7,10H,3-6,8H2,(H,17,18). The van der Waals surface area contributed by atoms with E-state index in [-0.39, 0.29) is 6.04 Å². The summed E-state index contributed by atoms with van der Waals surface area (Å²) in [5.41, 5.74) is 0. The monoisotopic (exact) mass is 337 g/mol. The third-order valence-corrected chi connectivity index (χ3v) is 3.54. The van der Waals surface area contributed by atoms with Gasteiger partial charge < -0.3 is 5.32 Å². The van der Waals surface area contributed by atoms with Crippen LogP contribution in [0.5, 0.6) is 0 Å². The van der Waals surface area contributed by atoms with E-state index in [0.29, 0.717) is 25.9 Å². The highest BCUT2D eigenvalue weighted by Crippen LogP contribution is 2.21. The zero-order chi connectivity index (χ0) is 13.9. The van der Waals surface area contributed by atoms with Crippen LogP contribution >= 0.6 is 15.9 Å². The summed E-state index contributed by atoms with van der Waals surface area (Å²) in [5, 5.41) is 3.25. The summed E-state index contributed by atoms with van der Waals surface area (Å²) < 4.78 is 37.7. The molecular weight excluding hydrogens is 323 g/mol. The van der Waals surface area contributed by atoms with Crippen molar-refractivity contribution in [2.45, 2.75) is 25.1 Å². The molecule has 106 valence electrons. The quantitative estimate of drug-likeness (QED) is 0.917. The summed E-state index contributed by atoms with van der Waals surface area (Å²) >= 11 is 3.30. The molecule has 3 nitrogen and oxygen atoms in total. The minimum Gasteiger partial charge on any atom is -0.367 e. The van der Waals surface area contributed by atoms with Crippen molar-refractivity contribution in [1.29, 1.82) is 0 Å². The van der Waals surface area contributed by atoms with Crippen molar-refractivity contribution in [3.8, 4) is 0 Å². The number of nitrogens with one attached hydrogen (secondary N) is 1. The van der Waals surface area contributed by atoms with Gasteiger partial charge in [0.05, 0.1) is 6.54 Å². The Balaban J connectivity index is 1.79. The van der Waals surface area contributed by atoms with E-state index in [4.69, 9.17) is 0 Å². The summed E-state index contributed by atoms with van der Waals surface area (Å²) in [6.07, 6.45) is -1.00. The maximum Gasteiger partial charge on any atom is 0.401 e. The third-order valence-electron chi connectivity index (χ3n) is 3.07. The summed E-state index contributed by atoms with van der Waals surface area (Å²) in [4.78, 5) is 5.65. The van der Waals surface area contributed by atoms with Crippen LogP contribution in [0.4, 0.5) is 19.0 Å². The van der Waals surface area contributed by atoms with Gasteiger partial charge in [-0.3, -0.25) is 4.90 Å². The van der Waals surface area contributed by atoms with E-state index in [9.17, 15) is 13.2 Å². The second kappa shape index (κ2) is 6.09. The van der Waals surface area contributed by atoms with Crippen LogP contribution in [0.2, 0.25) is 0 Å². The lowest BCUT2D eigenvalue weighted by Gasteiger charge is -2.32. The molecule has 1 aliphatic rings. The molecule has 0 amide bonds. The molecule has 0 aromatic carbocycles. The number of likely N-dealkylation sites (tertiary alicyclic amines) is 1. The van der Waals surface area contributed by atoms with E-state index in [2.05, 4.69) is 26.2 Å². The molecule has 7 heteroatoms. The van der Waals surface area contributed by atoms with Crippen LogP contribution in [0.1, 0.15) is 12.8 Å². The second-order valence-corrected chi connectivity index (χ2v) is 5.59. The molecule has 0 saturated carbocycles. The summed E-state index contributed by atoms with van der Waals surface area (Å²) in [7, 11) is 0. The average molecular weight is 338 g/mol. The molecule has 1 aromatic rings. The SMILES string of the molecule is FC(F)(F)CN1CCC(Nc2ccc(Br)cn2)CC1. The van der Waals surface area contributed by atoms with Gasteiger partial charge in [-0.15, -0.1) is 0 Å². The van der Waals surface area contributed by atoms with Crippen LogP contribution in [-0.2, 0) is 0 Å².